The van der Waals surface area contributed by atoms with Gasteiger partial charge in [0, 0.05) is 28.3 Å². The van der Waals surface area contributed by atoms with E-state index in [2.05, 4.69) is 0 Å². The highest BCUT2D eigenvalue weighted by Crippen LogP contribution is 2.42. The van der Waals surface area contributed by atoms with Crippen molar-refractivity contribution in [2.45, 2.75) is 11.2 Å². The quantitative estimate of drug-likeness (QED) is 0.560. The van der Waals surface area contributed by atoms with Gasteiger partial charge < -0.3 is 14.4 Å². The molecule has 0 saturated carbocycles. The fourth-order valence-corrected chi connectivity index (χ4v) is 2.52. The molecule has 0 aromatic rings. The third kappa shape index (κ3) is 1.65. The average Bonchev–Trinajstić information content (AvgIpc) is 2.40. The highest BCUT2D eigenvalue weighted by atomic mass is 35.5. The highest BCUT2D eigenvalue weighted by Gasteiger charge is 2.55. The van der Waals surface area contributed by atoms with Crippen LogP contribution in [0.4, 0.5) is 0 Å². The lowest BCUT2D eigenvalue weighted by Crippen LogP contribution is -2.47. The molecule has 0 N–H and O–H groups in total. The van der Waals surface area contributed by atoms with Crippen molar-refractivity contribution in [1.82, 2.24) is 4.90 Å². The lowest BCUT2D eigenvalue weighted by Gasteiger charge is -2.34. The molecule has 0 heterocycles. The summed E-state index contributed by atoms with van der Waals surface area (Å²) < 4.78 is 10.4. The number of nitrogens with zero attached hydrogens (tertiary/aromatic N) is 1. The molecule has 0 aliphatic heterocycles. The Bertz CT molecular complexity index is 310. The molecule has 86 valence electrons. The molecular weight excluding hydrogens is 241 g/mol. The minimum atomic E-state index is -1.29. The molecular formula is C9H13Cl2NO3. The number of carbonyl (C=O) groups is 1. The second kappa shape index (κ2) is 4.29. The lowest BCUT2D eigenvalue weighted by molar-refractivity contribution is -0.184. The summed E-state index contributed by atoms with van der Waals surface area (Å²) in [5, 5.41) is -0.902. The molecule has 0 aromatic heterocycles. The van der Waals surface area contributed by atoms with Crippen molar-refractivity contribution in [3.8, 4) is 0 Å². The van der Waals surface area contributed by atoms with Crippen molar-refractivity contribution in [3.63, 3.8) is 0 Å². The van der Waals surface area contributed by atoms with Crippen LogP contribution in [-0.4, -0.2) is 50.2 Å². The molecule has 1 aliphatic carbocycles. The Kier molecular flexibility index (Phi) is 3.66. The number of carbonyl (C=O) groups excluding carboxylic acids is 1. The predicted molar refractivity (Wildman–Crippen MR) is 58.0 cm³/mol. The molecule has 0 radical (unpaired) electrons. The van der Waals surface area contributed by atoms with Gasteiger partial charge >= 0.3 is 0 Å². The summed E-state index contributed by atoms with van der Waals surface area (Å²) in [5.74, 6) is -1.68. The Labute approximate surface area is 98.7 Å². The number of hydrogen-bond donors (Lipinski definition) is 0. The first-order valence-corrected chi connectivity index (χ1v) is 5.10. The zero-order valence-electron chi connectivity index (χ0n) is 9.01. The van der Waals surface area contributed by atoms with Crippen LogP contribution in [0.1, 0.15) is 0 Å². The van der Waals surface area contributed by atoms with Gasteiger partial charge in [0.1, 0.15) is 5.03 Å². The van der Waals surface area contributed by atoms with Gasteiger partial charge in [-0.15, -0.1) is 11.6 Å². The van der Waals surface area contributed by atoms with Crippen molar-refractivity contribution in [2.24, 2.45) is 0 Å². The van der Waals surface area contributed by atoms with Gasteiger partial charge in [-0.2, -0.15) is 0 Å². The fourth-order valence-electron chi connectivity index (χ4n) is 1.67. The number of halogens is 2. The monoisotopic (exact) mass is 253 g/mol. The van der Waals surface area contributed by atoms with Crippen LogP contribution in [0.5, 0.6) is 0 Å². The Hall–Kier alpha value is -0.290. The van der Waals surface area contributed by atoms with E-state index in [4.69, 9.17) is 32.7 Å². The zero-order chi connectivity index (χ0) is 11.8. The van der Waals surface area contributed by atoms with E-state index in [0.29, 0.717) is 5.70 Å². The van der Waals surface area contributed by atoms with E-state index in [1.807, 2.05) is 0 Å². The van der Waals surface area contributed by atoms with Gasteiger partial charge in [-0.3, -0.25) is 4.79 Å². The smallest absolute Gasteiger partial charge is 0.235 e. The first kappa shape index (κ1) is 12.8. The zero-order valence-corrected chi connectivity index (χ0v) is 10.5. The SMILES string of the molecule is COC1(OC)C(N(C)C)=C(Cl)C(=O)C1Cl. The molecule has 1 unspecified atom stereocenters. The molecule has 0 fully saturated rings. The van der Waals surface area contributed by atoms with E-state index in [-0.39, 0.29) is 10.8 Å². The molecule has 0 bridgehead atoms. The number of Topliss-reactive ketones (excluding diaryl/α,β-unsaturated/α-hetero) is 1. The molecule has 0 aromatic carbocycles. The van der Waals surface area contributed by atoms with Crippen LogP contribution in [0.3, 0.4) is 0 Å². The van der Waals surface area contributed by atoms with E-state index in [1.54, 1.807) is 19.0 Å². The number of methoxy groups -OCH3 is 2. The summed E-state index contributed by atoms with van der Waals surface area (Å²) in [4.78, 5) is 13.3. The molecule has 0 saturated heterocycles. The summed E-state index contributed by atoms with van der Waals surface area (Å²) in [6.07, 6.45) is 0. The summed E-state index contributed by atoms with van der Waals surface area (Å²) >= 11 is 11.9. The van der Waals surface area contributed by atoms with E-state index < -0.39 is 11.2 Å². The van der Waals surface area contributed by atoms with Crippen LogP contribution in [0.15, 0.2) is 10.7 Å². The molecule has 1 atom stereocenters. The van der Waals surface area contributed by atoms with Gasteiger partial charge in [-0.1, -0.05) is 11.6 Å². The van der Waals surface area contributed by atoms with Crippen molar-refractivity contribution in [2.75, 3.05) is 28.3 Å². The summed E-state index contributed by atoms with van der Waals surface area (Å²) in [6.45, 7) is 0. The summed E-state index contributed by atoms with van der Waals surface area (Å²) in [5.41, 5.74) is 0.444. The maximum absolute atomic E-state index is 11.6. The van der Waals surface area contributed by atoms with Crippen LogP contribution < -0.4 is 0 Å². The van der Waals surface area contributed by atoms with Crippen LogP contribution in [0, 0.1) is 0 Å². The number of hydrogen-bond acceptors (Lipinski definition) is 4. The van der Waals surface area contributed by atoms with Crippen molar-refractivity contribution in [3.05, 3.63) is 10.7 Å². The third-order valence-corrected chi connectivity index (χ3v) is 3.22. The van der Waals surface area contributed by atoms with Gasteiger partial charge in [0.2, 0.25) is 5.79 Å². The first-order chi connectivity index (χ1) is 6.92. The van der Waals surface area contributed by atoms with Crippen LogP contribution >= 0.6 is 23.2 Å². The van der Waals surface area contributed by atoms with Crippen molar-refractivity contribution in [1.29, 1.82) is 0 Å². The van der Waals surface area contributed by atoms with Gasteiger partial charge in [0.05, 0.1) is 5.70 Å². The minimum absolute atomic E-state index is 0.0590. The molecule has 1 aliphatic rings. The van der Waals surface area contributed by atoms with Gasteiger partial charge in [0.15, 0.2) is 11.2 Å². The fraction of sp³-hybridized carbons (Fsp3) is 0.667. The largest absolute Gasteiger partial charge is 0.375 e. The number of rotatable bonds is 3. The molecule has 6 heteroatoms. The van der Waals surface area contributed by atoms with Crippen LogP contribution in [0.25, 0.3) is 0 Å². The van der Waals surface area contributed by atoms with E-state index in [1.165, 1.54) is 14.2 Å². The number of alkyl halides is 1. The number of allylic oxidation sites excluding steroid dienone is 1. The summed E-state index contributed by atoms with van der Waals surface area (Å²) in [7, 11) is 6.33. The Morgan fingerprint density at radius 1 is 1.33 bits per heavy atom. The standard InChI is InChI=1S/C9H13Cl2NO3/c1-12(2)8-5(10)6(13)7(11)9(8,14-3)15-4/h7H,1-4H3. The molecule has 4 nitrogen and oxygen atoms in total. The van der Waals surface area contributed by atoms with Crippen molar-refractivity contribution >= 4 is 29.0 Å². The second-order valence-corrected chi connectivity index (χ2v) is 4.17. The lowest BCUT2D eigenvalue weighted by atomic mass is 10.2. The van der Waals surface area contributed by atoms with Crippen LogP contribution in [0.2, 0.25) is 0 Å². The highest BCUT2D eigenvalue weighted by molar-refractivity contribution is 6.50. The van der Waals surface area contributed by atoms with E-state index in [0.717, 1.165) is 0 Å². The van der Waals surface area contributed by atoms with Gasteiger partial charge in [0.25, 0.3) is 0 Å². The number of likely N-dealkylation sites (N-methyl/N-ethyl adjacent to an activating group) is 1. The Morgan fingerprint density at radius 3 is 2.07 bits per heavy atom. The number of ether oxygens (including phenoxy) is 2. The Morgan fingerprint density at radius 2 is 1.80 bits per heavy atom. The minimum Gasteiger partial charge on any atom is -0.375 e. The van der Waals surface area contributed by atoms with Gasteiger partial charge in [-0.05, 0) is 0 Å². The van der Waals surface area contributed by atoms with Gasteiger partial charge in [-0.25, -0.2) is 0 Å². The Balaban J connectivity index is 3.32. The van der Waals surface area contributed by atoms with Crippen LogP contribution in [-0.2, 0) is 14.3 Å². The first-order valence-electron chi connectivity index (χ1n) is 4.28. The predicted octanol–water partition coefficient (Wildman–Crippen LogP) is 1.18. The molecule has 0 amide bonds. The van der Waals surface area contributed by atoms with E-state index >= 15 is 0 Å². The average molecular weight is 254 g/mol. The maximum Gasteiger partial charge on any atom is 0.235 e. The molecule has 15 heavy (non-hydrogen) atoms. The second-order valence-electron chi connectivity index (χ2n) is 3.36. The molecule has 0 spiro atoms. The molecule has 1 rings (SSSR count). The normalized spacial score (nSPS) is 24.9. The number of ketones is 1. The topological polar surface area (TPSA) is 38.8 Å². The summed E-state index contributed by atoms with van der Waals surface area (Å²) in [6, 6.07) is 0. The van der Waals surface area contributed by atoms with E-state index in [9.17, 15) is 4.79 Å². The maximum atomic E-state index is 11.6. The van der Waals surface area contributed by atoms with Crippen molar-refractivity contribution < 1.29 is 14.3 Å². The third-order valence-electron chi connectivity index (χ3n) is 2.37.